The van der Waals surface area contributed by atoms with E-state index in [2.05, 4.69) is 10.6 Å². The first kappa shape index (κ1) is 14.7. The van der Waals surface area contributed by atoms with E-state index in [4.69, 9.17) is 4.74 Å². The van der Waals surface area contributed by atoms with Crippen molar-refractivity contribution in [2.45, 2.75) is 38.1 Å². The number of rotatable bonds is 6. The standard InChI is InChI=1S/C12H22N2O2.ClH/c15-12(11-3-1-2-6-13-11)14-7-8-16-9-10-4-5-10;/h10-11,13H,1-9H2,(H,14,15);1H. The highest BCUT2D eigenvalue weighted by atomic mass is 35.5. The lowest BCUT2D eigenvalue weighted by Gasteiger charge is -2.22. The molecule has 2 aliphatic rings. The summed E-state index contributed by atoms with van der Waals surface area (Å²) in [5, 5.41) is 6.16. The third-order valence-electron chi connectivity index (χ3n) is 3.22. The van der Waals surface area contributed by atoms with Crippen LogP contribution in [0, 0.1) is 5.92 Å². The molecule has 5 heteroatoms. The van der Waals surface area contributed by atoms with Crippen molar-refractivity contribution in [1.29, 1.82) is 0 Å². The minimum absolute atomic E-state index is 0. The highest BCUT2D eigenvalue weighted by Crippen LogP contribution is 2.28. The van der Waals surface area contributed by atoms with Crippen LogP contribution in [0.2, 0.25) is 0 Å². The van der Waals surface area contributed by atoms with Gasteiger partial charge in [0.15, 0.2) is 0 Å². The molecule has 2 N–H and O–H groups in total. The molecule has 1 saturated heterocycles. The maximum absolute atomic E-state index is 11.7. The molecule has 4 nitrogen and oxygen atoms in total. The van der Waals surface area contributed by atoms with Gasteiger partial charge in [0.25, 0.3) is 0 Å². The van der Waals surface area contributed by atoms with E-state index < -0.39 is 0 Å². The smallest absolute Gasteiger partial charge is 0.237 e. The van der Waals surface area contributed by atoms with Gasteiger partial charge in [-0.15, -0.1) is 12.4 Å². The molecule has 0 spiro atoms. The van der Waals surface area contributed by atoms with Crippen LogP contribution in [-0.2, 0) is 9.53 Å². The number of carbonyl (C=O) groups is 1. The van der Waals surface area contributed by atoms with Gasteiger partial charge in [-0.1, -0.05) is 6.42 Å². The highest BCUT2D eigenvalue weighted by Gasteiger charge is 2.21. The molecule has 0 bridgehead atoms. The fourth-order valence-corrected chi connectivity index (χ4v) is 1.98. The Morgan fingerprint density at radius 3 is 2.76 bits per heavy atom. The lowest BCUT2D eigenvalue weighted by Crippen LogP contribution is -2.47. The van der Waals surface area contributed by atoms with Gasteiger partial charge in [-0.2, -0.15) is 0 Å². The van der Waals surface area contributed by atoms with Gasteiger partial charge in [0, 0.05) is 13.2 Å². The van der Waals surface area contributed by atoms with Crippen molar-refractivity contribution < 1.29 is 9.53 Å². The number of hydrogen-bond donors (Lipinski definition) is 2. The molecule has 1 atom stereocenters. The van der Waals surface area contributed by atoms with Gasteiger partial charge in [-0.3, -0.25) is 4.79 Å². The lowest BCUT2D eigenvalue weighted by atomic mass is 10.0. The van der Waals surface area contributed by atoms with E-state index in [0.29, 0.717) is 13.2 Å². The minimum atomic E-state index is 0. The molecule has 2 rings (SSSR count). The van der Waals surface area contributed by atoms with Gasteiger partial charge in [0.1, 0.15) is 0 Å². The monoisotopic (exact) mass is 262 g/mol. The Morgan fingerprint density at radius 2 is 2.12 bits per heavy atom. The topological polar surface area (TPSA) is 50.4 Å². The summed E-state index contributed by atoms with van der Waals surface area (Å²) >= 11 is 0. The second-order valence-electron chi connectivity index (χ2n) is 4.81. The third-order valence-corrected chi connectivity index (χ3v) is 3.22. The average molecular weight is 263 g/mol. The van der Waals surface area contributed by atoms with Crippen molar-refractivity contribution in [3.63, 3.8) is 0 Å². The second kappa shape index (κ2) is 7.90. The lowest BCUT2D eigenvalue weighted by molar-refractivity contribution is -0.123. The zero-order valence-corrected chi connectivity index (χ0v) is 11.1. The first-order valence-electron chi connectivity index (χ1n) is 6.45. The van der Waals surface area contributed by atoms with E-state index in [0.717, 1.165) is 31.9 Å². The number of amides is 1. The maximum atomic E-state index is 11.7. The zero-order chi connectivity index (χ0) is 11.2. The zero-order valence-electron chi connectivity index (χ0n) is 10.2. The van der Waals surface area contributed by atoms with Gasteiger partial charge in [0.05, 0.1) is 12.6 Å². The average Bonchev–Trinajstić information content (AvgIpc) is 3.13. The predicted octanol–water partition coefficient (Wildman–Crippen LogP) is 1.09. The van der Waals surface area contributed by atoms with Crippen molar-refractivity contribution >= 4 is 18.3 Å². The highest BCUT2D eigenvalue weighted by molar-refractivity contribution is 5.85. The molecule has 1 aliphatic carbocycles. The summed E-state index contributed by atoms with van der Waals surface area (Å²) in [6, 6.07) is 0.0252. The Balaban J connectivity index is 0.00000144. The fourth-order valence-electron chi connectivity index (χ4n) is 1.98. The Kier molecular flexibility index (Phi) is 6.85. The molecule has 1 amide bonds. The van der Waals surface area contributed by atoms with Gasteiger partial charge in [-0.05, 0) is 38.1 Å². The van der Waals surface area contributed by atoms with Crippen molar-refractivity contribution in [2.24, 2.45) is 5.92 Å². The van der Waals surface area contributed by atoms with Crippen molar-refractivity contribution in [3.05, 3.63) is 0 Å². The Hall–Kier alpha value is -0.320. The Bertz CT molecular complexity index is 229. The van der Waals surface area contributed by atoms with Crippen molar-refractivity contribution in [2.75, 3.05) is 26.3 Å². The fraction of sp³-hybridized carbons (Fsp3) is 0.917. The van der Waals surface area contributed by atoms with Gasteiger partial charge in [-0.25, -0.2) is 0 Å². The molecule has 1 aliphatic heterocycles. The molecule has 0 radical (unpaired) electrons. The van der Waals surface area contributed by atoms with Gasteiger partial charge < -0.3 is 15.4 Å². The van der Waals surface area contributed by atoms with Crippen LogP contribution in [0.25, 0.3) is 0 Å². The summed E-state index contributed by atoms with van der Waals surface area (Å²) in [4.78, 5) is 11.7. The Morgan fingerprint density at radius 1 is 1.29 bits per heavy atom. The molecule has 100 valence electrons. The number of halogens is 1. The van der Waals surface area contributed by atoms with Crippen LogP contribution >= 0.6 is 12.4 Å². The maximum Gasteiger partial charge on any atom is 0.237 e. The number of nitrogens with one attached hydrogen (secondary N) is 2. The van der Waals surface area contributed by atoms with Crippen molar-refractivity contribution in [1.82, 2.24) is 10.6 Å². The number of ether oxygens (including phenoxy) is 1. The molecule has 17 heavy (non-hydrogen) atoms. The van der Waals surface area contributed by atoms with Crippen molar-refractivity contribution in [3.8, 4) is 0 Å². The largest absolute Gasteiger partial charge is 0.379 e. The van der Waals surface area contributed by atoms with Crippen LogP contribution in [-0.4, -0.2) is 38.3 Å². The number of piperidine rings is 1. The van der Waals surface area contributed by atoms with E-state index >= 15 is 0 Å². The van der Waals surface area contributed by atoms with E-state index in [-0.39, 0.29) is 24.4 Å². The summed E-state index contributed by atoms with van der Waals surface area (Å²) in [7, 11) is 0. The predicted molar refractivity (Wildman–Crippen MR) is 69.4 cm³/mol. The molecule has 1 heterocycles. The van der Waals surface area contributed by atoms with Crippen LogP contribution < -0.4 is 10.6 Å². The normalized spacial score (nSPS) is 23.9. The Labute approximate surface area is 109 Å². The van der Waals surface area contributed by atoms with Crippen LogP contribution in [0.3, 0.4) is 0 Å². The van der Waals surface area contributed by atoms with E-state index in [1.807, 2.05) is 0 Å². The van der Waals surface area contributed by atoms with E-state index in [1.54, 1.807) is 0 Å². The summed E-state index contributed by atoms with van der Waals surface area (Å²) in [6.45, 7) is 3.13. The summed E-state index contributed by atoms with van der Waals surface area (Å²) in [5.41, 5.74) is 0. The molecule has 1 unspecified atom stereocenters. The summed E-state index contributed by atoms with van der Waals surface area (Å²) < 4.78 is 5.46. The van der Waals surface area contributed by atoms with E-state index in [1.165, 1.54) is 19.3 Å². The first-order valence-corrected chi connectivity index (χ1v) is 6.45. The molecule has 0 aromatic rings. The van der Waals surface area contributed by atoms with Gasteiger partial charge >= 0.3 is 0 Å². The molecule has 1 saturated carbocycles. The van der Waals surface area contributed by atoms with Gasteiger partial charge in [0.2, 0.25) is 5.91 Å². The summed E-state index contributed by atoms with van der Waals surface area (Å²) in [5.74, 6) is 0.936. The molecule has 0 aromatic carbocycles. The SMILES string of the molecule is Cl.O=C(NCCOCC1CC1)C1CCCCN1. The number of carbonyl (C=O) groups excluding carboxylic acids is 1. The molecular weight excluding hydrogens is 240 g/mol. The minimum Gasteiger partial charge on any atom is -0.379 e. The molecular formula is C12H23ClN2O2. The van der Waals surface area contributed by atoms with Crippen LogP contribution in [0.4, 0.5) is 0 Å². The van der Waals surface area contributed by atoms with Crippen LogP contribution in [0.5, 0.6) is 0 Å². The van der Waals surface area contributed by atoms with Crippen LogP contribution in [0.1, 0.15) is 32.1 Å². The summed E-state index contributed by atoms with van der Waals surface area (Å²) in [6.07, 6.45) is 5.95. The quantitative estimate of drug-likeness (QED) is 0.705. The number of hydrogen-bond acceptors (Lipinski definition) is 3. The first-order chi connectivity index (χ1) is 7.86. The molecule has 2 fully saturated rings. The second-order valence-corrected chi connectivity index (χ2v) is 4.81. The van der Waals surface area contributed by atoms with Crippen LogP contribution in [0.15, 0.2) is 0 Å². The molecule has 0 aromatic heterocycles. The van der Waals surface area contributed by atoms with E-state index in [9.17, 15) is 4.79 Å². The third kappa shape index (κ3) is 5.70.